The molecular weight excluding hydrogens is 184 g/mol. The Morgan fingerprint density at radius 3 is 2.64 bits per heavy atom. The normalized spacial score (nSPS) is 25.8. The summed E-state index contributed by atoms with van der Waals surface area (Å²) in [6.45, 7) is 3.57. The first-order valence-electron chi connectivity index (χ1n) is 5.09. The van der Waals surface area contributed by atoms with Crippen LogP contribution in [-0.2, 0) is 14.3 Å². The minimum atomic E-state index is -0.821. The van der Waals surface area contributed by atoms with E-state index < -0.39 is 5.97 Å². The lowest BCUT2D eigenvalue weighted by molar-refractivity contribution is -0.138. The first kappa shape index (κ1) is 11.5. The Bertz CT molecular complexity index is 175. The average molecular weight is 202 g/mol. The molecule has 1 fully saturated rings. The van der Waals surface area contributed by atoms with E-state index in [-0.39, 0.29) is 13.0 Å². The molecule has 0 saturated heterocycles. The van der Waals surface area contributed by atoms with E-state index in [1.54, 1.807) is 0 Å². The predicted octanol–water partition coefficient (Wildman–Crippen LogP) is 1.29. The van der Waals surface area contributed by atoms with Crippen molar-refractivity contribution in [3.8, 4) is 0 Å². The third-order valence-corrected chi connectivity index (χ3v) is 2.37. The number of carboxylic acid groups (broad SMARTS) is 1. The van der Waals surface area contributed by atoms with E-state index in [0.29, 0.717) is 19.3 Å². The fourth-order valence-corrected chi connectivity index (χ4v) is 1.50. The highest BCUT2D eigenvalue weighted by atomic mass is 16.5. The van der Waals surface area contributed by atoms with E-state index in [4.69, 9.17) is 14.6 Å². The molecule has 1 aliphatic carbocycles. The summed E-state index contributed by atoms with van der Waals surface area (Å²) in [4.78, 5) is 10.1. The van der Waals surface area contributed by atoms with Gasteiger partial charge in [0.1, 0.15) is 0 Å². The van der Waals surface area contributed by atoms with Crippen molar-refractivity contribution in [1.82, 2.24) is 0 Å². The number of hydrogen-bond donors (Lipinski definition) is 1. The lowest BCUT2D eigenvalue weighted by atomic mass is 9.84. The first-order chi connectivity index (χ1) is 6.68. The van der Waals surface area contributed by atoms with Crippen LogP contribution in [0, 0.1) is 5.92 Å². The highest BCUT2D eigenvalue weighted by Gasteiger charge is 2.25. The van der Waals surface area contributed by atoms with Crippen LogP contribution in [0.25, 0.3) is 0 Å². The largest absolute Gasteiger partial charge is 0.481 e. The Hall–Kier alpha value is -0.610. The third-order valence-electron chi connectivity index (χ3n) is 2.37. The highest BCUT2D eigenvalue weighted by Crippen LogP contribution is 2.28. The molecule has 0 radical (unpaired) electrons. The second kappa shape index (κ2) is 5.98. The maximum absolute atomic E-state index is 10.1. The molecule has 0 aromatic heterocycles. The van der Waals surface area contributed by atoms with Crippen LogP contribution in [0.3, 0.4) is 0 Å². The molecule has 0 atom stereocenters. The second-order valence-electron chi connectivity index (χ2n) is 3.83. The van der Waals surface area contributed by atoms with E-state index in [1.807, 2.05) is 0 Å². The molecule has 0 aromatic rings. The van der Waals surface area contributed by atoms with Gasteiger partial charge in [-0.3, -0.25) is 4.79 Å². The van der Waals surface area contributed by atoms with E-state index in [1.165, 1.54) is 0 Å². The number of carbonyl (C=O) groups is 1. The van der Waals surface area contributed by atoms with Crippen LogP contribution in [0.5, 0.6) is 0 Å². The van der Waals surface area contributed by atoms with Crippen molar-refractivity contribution in [2.45, 2.75) is 32.3 Å². The molecule has 14 heavy (non-hydrogen) atoms. The van der Waals surface area contributed by atoms with Crippen molar-refractivity contribution in [3.63, 3.8) is 0 Å². The minimum Gasteiger partial charge on any atom is -0.481 e. The van der Waals surface area contributed by atoms with Crippen molar-refractivity contribution >= 4 is 5.97 Å². The van der Waals surface area contributed by atoms with Crippen LogP contribution in [0.4, 0.5) is 0 Å². The number of aliphatic carboxylic acids is 1. The molecule has 0 amide bonds. The number of ether oxygens (including phenoxy) is 2. The quantitative estimate of drug-likeness (QED) is 0.632. The molecule has 0 unspecified atom stereocenters. The van der Waals surface area contributed by atoms with Crippen molar-refractivity contribution in [3.05, 3.63) is 0 Å². The average Bonchev–Trinajstić information content (AvgIpc) is 2.07. The van der Waals surface area contributed by atoms with Gasteiger partial charge in [0.05, 0.1) is 32.3 Å². The molecule has 0 aromatic carbocycles. The molecule has 0 aliphatic heterocycles. The summed E-state index contributed by atoms with van der Waals surface area (Å²) in [6.07, 6.45) is 2.78. The van der Waals surface area contributed by atoms with Crippen LogP contribution in [0.15, 0.2) is 0 Å². The minimum absolute atomic E-state index is 0.0699. The van der Waals surface area contributed by atoms with E-state index >= 15 is 0 Å². The van der Waals surface area contributed by atoms with Gasteiger partial charge < -0.3 is 14.6 Å². The fraction of sp³-hybridized carbons (Fsp3) is 0.900. The van der Waals surface area contributed by atoms with Gasteiger partial charge in [-0.2, -0.15) is 0 Å². The first-order valence-corrected chi connectivity index (χ1v) is 5.09. The predicted molar refractivity (Wildman–Crippen MR) is 51.2 cm³/mol. The van der Waals surface area contributed by atoms with Crippen LogP contribution in [-0.4, -0.2) is 37.0 Å². The van der Waals surface area contributed by atoms with E-state index in [9.17, 15) is 4.79 Å². The van der Waals surface area contributed by atoms with Gasteiger partial charge in [0.25, 0.3) is 0 Å². The summed E-state index contributed by atoms with van der Waals surface area (Å²) in [5.74, 6) is -0.0216. The van der Waals surface area contributed by atoms with Crippen molar-refractivity contribution in [2.75, 3.05) is 19.8 Å². The summed E-state index contributed by atoms with van der Waals surface area (Å²) in [7, 11) is 0. The smallest absolute Gasteiger partial charge is 0.305 e. The Balaban J connectivity index is 1.78. The Kier molecular flexibility index (Phi) is 4.90. The van der Waals surface area contributed by atoms with Crippen LogP contribution in [0.2, 0.25) is 0 Å². The van der Waals surface area contributed by atoms with Crippen LogP contribution in [0.1, 0.15) is 26.2 Å². The summed E-state index contributed by atoms with van der Waals surface area (Å²) in [5.41, 5.74) is 0. The van der Waals surface area contributed by atoms with Gasteiger partial charge in [-0.1, -0.05) is 6.92 Å². The summed E-state index contributed by atoms with van der Waals surface area (Å²) >= 11 is 0. The number of carboxylic acids is 1. The van der Waals surface area contributed by atoms with E-state index in [2.05, 4.69) is 6.92 Å². The summed E-state index contributed by atoms with van der Waals surface area (Å²) in [6, 6.07) is 0. The van der Waals surface area contributed by atoms with Crippen LogP contribution >= 0.6 is 0 Å². The molecule has 1 N–H and O–H groups in total. The molecule has 1 saturated carbocycles. The maximum atomic E-state index is 10.1. The lowest BCUT2D eigenvalue weighted by Gasteiger charge is -2.32. The van der Waals surface area contributed by atoms with Gasteiger partial charge in [-0.05, 0) is 18.8 Å². The van der Waals surface area contributed by atoms with Gasteiger partial charge in [-0.15, -0.1) is 0 Å². The Morgan fingerprint density at radius 2 is 2.07 bits per heavy atom. The van der Waals surface area contributed by atoms with Gasteiger partial charge >= 0.3 is 5.97 Å². The summed E-state index contributed by atoms with van der Waals surface area (Å²) < 4.78 is 10.6. The lowest BCUT2D eigenvalue weighted by Crippen LogP contribution is -2.30. The molecule has 0 bridgehead atoms. The highest BCUT2D eigenvalue weighted by molar-refractivity contribution is 5.66. The molecule has 4 nitrogen and oxygen atoms in total. The standard InChI is InChI=1S/C10H18O4/c1-8-6-9(7-8)14-5-4-13-3-2-10(11)12/h8-9H,2-7H2,1H3,(H,11,12). The van der Waals surface area contributed by atoms with Crippen molar-refractivity contribution in [2.24, 2.45) is 5.92 Å². The topological polar surface area (TPSA) is 55.8 Å². The Labute approximate surface area is 84.2 Å². The zero-order valence-electron chi connectivity index (χ0n) is 8.57. The van der Waals surface area contributed by atoms with Crippen molar-refractivity contribution < 1.29 is 19.4 Å². The van der Waals surface area contributed by atoms with Gasteiger partial charge in [0.2, 0.25) is 0 Å². The molecular formula is C10H18O4. The number of hydrogen-bond acceptors (Lipinski definition) is 3. The van der Waals surface area contributed by atoms with Gasteiger partial charge in [0, 0.05) is 0 Å². The SMILES string of the molecule is CC1CC(OCCOCCC(=O)O)C1. The van der Waals surface area contributed by atoms with Crippen LogP contribution < -0.4 is 0 Å². The number of rotatable bonds is 7. The van der Waals surface area contributed by atoms with Crippen molar-refractivity contribution in [1.29, 1.82) is 0 Å². The fourth-order valence-electron chi connectivity index (χ4n) is 1.50. The molecule has 82 valence electrons. The zero-order valence-corrected chi connectivity index (χ0v) is 8.57. The monoisotopic (exact) mass is 202 g/mol. The van der Waals surface area contributed by atoms with E-state index in [0.717, 1.165) is 18.8 Å². The Morgan fingerprint density at radius 1 is 1.36 bits per heavy atom. The summed E-state index contributed by atoms with van der Waals surface area (Å²) in [5, 5.41) is 8.32. The molecule has 1 aliphatic rings. The van der Waals surface area contributed by atoms with Gasteiger partial charge in [0.15, 0.2) is 0 Å². The third kappa shape index (κ3) is 4.58. The molecule has 0 heterocycles. The molecule has 1 rings (SSSR count). The zero-order chi connectivity index (χ0) is 10.4. The second-order valence-corrected chi connectivity index (χ2v) is 3.83. The maximum Gasteiger partial charge on any atom is 0.305 e. The molecule has 4 heteroatoms. The van der Waals surface area contributed by atoms with Gasteiger partial charge in [-0.25, -0.2) is 0 Å². The molecule has 0 spiro atoms.